The van der Waals surface area contributed by atoms with Crippen molar-refractivity contribution in [1.29, 1.82) is 0 Å². The summed E-state index contributed by atoms with van der Waals surface area (Å²) >= 11 is 6.49. The van der Waals surface area contributed by atoms with Gasteiger partial charge in [-0.2, -0.15) is 0 Å². The number of fused-ring (bicyclic) bond motifs is 2. The number of aryl methyl sites for hydroxylation is 2. The van der Waals surface area contributed by atoms with E-state index in [9.17, 15) is 9.59 Å². The van der Waals surface area contributed by atoms with E-state index >= 15 is 0 Å². The molecule has 1 aliphatic heterocycles. The number of carbonyl (C=O) groups excluding carboxylic acids is 2. The molecule has 1 saturated carbocycles. The molecule has 1 aliphatic carbocycles. The van der Waals surface area contributed by atoms with Gasteiger partial charge in [0.1, 0.15) is 5.69 Å². The van der Waals surface area contributed by atoms with Gasteiger partial charge in [0.25, 0.3) is 5.91 Å². The Hall–Kier alpha value is -2.83. The number of rotatable bonds is 3. The van der Waals surface area contributed by atoms with Gasteiger partial charge in [0.2, 0.25) is 5.91 Å². The predicted octanol–water partition coefficient (Wildman–Crippen LogP) is 7.11. The fourth-order valence-corrected chi connectivity index (χ4v) is 6.81. The molecule has 2 amide bonds. The van der Waals surface area contributed by atoms with E-state index in [-0.39, 0.29) is 17.7 Å². The molecule has 1 aromatic heterocycles. The SMILES string of the molecule is Cc1cccc2c1N(C(=O)C1CCCCC1)CCCN(C(C)C)CCN(C(=O)c1[nH]c3c(Cl)cccc3c1C)C2. The number of benzene rings is 2. The number of nitrogens with one attached hydrogen (secondary N) is 1. The lowest BCUT2D eigenvalue weighted by Crippen LogP contribution is -2.42. The minimum absolute atomic E-state index is 0.0367. The molecule has 0 unspecified atom stereocenters. The molecule has 7 heteroatoms. The van der Waals surface area contributed by atoms with Crippen LogP contribution in [0.5, 0.6) is 0 Å². The molecule has 1 fully saturated rings. The van der Waals surface area contributed by atoms with E-state index in [1.807, 2.05) is 36.1 Å². The maximum Gasteiger partial charge on any atom is 0.270 e. The van der Waals surface area contributed by atoms with Crippen LogP contribution in [0.25, 0.3) is 10.9 Å². The molecule has 40 heavy (non-hydrogen) atoms. The Morgan fingerprint density at radius 2 is 1.68 bits per heavy atom. The highest BCUT2D eigenvalue weighted by Crippen LogP contribution is 2.34. The Kier molecular flexibility index (Phi) is 8.86. The van der Waals surface area contributed by atoms with Gasteiger partial charge in [-0.3, -0.25) is 14.5 Å². The van der Waals surface area contributed by atoms with Crippen LogP contribution in [-0.4, -0.2) is 58.8 Å². The molecule has 214 valence electrons. The lowest BCUT2D eigenvalue weighted by atomic mass is 9.87. The molecule has 0 saturated heterocycles. The summed E-state index contributed by atoms with van der Waals surface area (Å²) in [4.78, 5) is 38.1. The summed E-state index contributed by atoms with van der Waals surface area (Å²) in [5, 5.41) is 1.58. The molecular weight excluding hydrogens is 520 g/mol. The number of carbonyl (C=O) groups is 2. The van der Waals surface area contributed by atoms with Crippen LogP contribution in [0.1, 0.15) is 79.6 Å². The van der Waals surface area contributed by atoms with E-state index in [0.717, 1.165) is 78.5 Å². The van der Waals surface area contributed by atoms with Gasteiger partial charge in [-0.25, -0.2) is 0 Å². The van der Waals surface area contributed by atoms with Crippen molar-refractivity contribution in [3.63, 3.8) is 0 Å². The van der Waals surface area contributed by atoms with Gasteiger partial charge in [0, 0.05) is 50.1 Å². The highest BCUT2D eigenvalue weighted by Gasteiger charge is 2.31. The van der Waals surface area contributed by atoms with Crippen LogP contribution in [0.2, 0.25) is 5.02 Å². The van der Waals surface area contributed by atoms with Gasteiger partial charge >= 0.3 is 0 Å². The molecular formula is C33H43ClN4O2. The normalized spacial score (nSPS) is 18.1. The smallest absolute Gasteiger partial charge is 0.270 e. The number of hydrogen-bond donors (Lipinski definition) is 1. The zero-order valence-electron chi connectivity index (χ0n) is 24.4. The molecule has 1 N–H and O–H groups in total. The zero-order valence-corrected chi connectivity index (χ0v) is 25.2. The van der Waals surface area contributed by atoms with E-state index in [0.29, 0.717) is 36.4 Å². The monoisotopic (exact) mass is 562 g/mol. The first kappa shape index (κ1) is 28.7. The molecule has 6 nitrogen and oxygen atoms in total. The van der Waals surface area contributed by atoms with Crippen LogP contribution in [0, 0.1) is 19.8 Å². The van der Waals surface area contributed by atoms with Crippen LogP contribution in [-0.2, 0) is 11.3 Å². The second-order valence-electron chi connectivity index (χ2n) is 11.9. The lowest BCUT2D eigenvalue weighted by Gasteiger charge is -2.33. The van der Waals surface area contributed by atoms with E-state index in [1.165, 1.54) is 6.42 Å². The average Bonchev–Trinajstić information content (AvgIpc) is 3.27. The van der Waals surface area contributed by atoms with Crippen LogP contribution in [0.15, 0.2) is 36.4 Å². The van der Waals surface area contributed by atoms with Gasteiger partial charge in [0.15, 0.2) is 0 Å². The van der Waals surface area contributed by atoms with Crippen LogP contribution in [0.3, 0.4) is 0 Å². The van der Waals surface area contributed by atoms with Crippen molar-refractivity contribution in [2.45, 2.75) is 78.8 Å². The third-order valence-corrected chi connectivity index (χ3v) is 9.25. The fourth-order valence-electron chi connectivity index (χ4n) is 6.59. The van der Waals surface area contributed by atoms with Crippen molar-refractivity contribution in [2.24, 2.45) is 5.92 Å². The van der Waals surface area contributed by atoms with Crippen molar-refractivity contribution in [2.75, 3.05) is 31.1 Å². The summed E-state index contributed by atoms with van der Waals surface area (Å²) in [5.41, 5.74) is 5.40. The molecule has 3 aromatic rings. The Balaban J connectivity index is 1.56. The summed E-state index contributed by atoms with van der Waals surface area (Å²) < 4.78 is 0. The molecule has 5 rings (SSSR count). The summed E-state index contributed by atoms with van der Waals surface area (Å²) in [7, 11) is 0. The van der Waals surface area contributed by atoms with Gasteiger partial charge in [-0.15, -0.1) is 0 Å². The molecule has 0 radical (unpaired) electrons. The number of nitrogens with zero attached hydrogens (tertiary/aromatic N) is 3. The first-order chi connectivity index (χ1) is 19.3. The first-order valence-electron chi connectivity index (χ1n) is 15.0. The molecule has 0 atom stereocenters. The van der Waals surface area contributed by atoms with E-state index in [4.69, 9.17) is 11.6 Å². The summed E-state index contributed by atoms with van der Waals surface area (Å²) in [6.45, 7) is 11.9. The maximum atomic E-state index is 14.2. The minimum atomic E-state index is -0.0367. The summed E-state index contributed by atoms with van der Waals surface area (Å²) in [5.74, 6) is 0.305. The Morgan fingerprint density at radius 1 is 0.925 bits per heavy atom. The first-order valence-corrected chi connectivity index (χ1v) is 15.3. The maximum absolute atomic E-state index is 14.2. The number of amides is 2. The Morgan fingerprint density at radius 3 is 2.40 bits per heavy atom. The number of halogens is 1. The quantitative estimate of drug-likeness (QED) is 0.370. The number of aromatic nitrogens is 1. The predicted molar refractivity (Wildman–Crippen MR) is 164 cm³/mol. The fraction of sp³-hybridized carbons (Fsp3) is 0.515. The molecule has 0 spiro atoms. The highest BCUT2D eigenvalue weighted by atomic mass is 35.5. The highest BCUT2D eigenvalue weighted by molar-refractivity contribution is 6.35. The van der Waals surface area contributed by atoms with Gasteiger partial charge < -0.3 is 14.8 Å². The molecule has 2 aliphatic rings. The van der Waals surface area contributed by atoms with Gasteiger partial charge in [-0.1, -0.05) is 61.2 Å². The topological polar surface area (TPSA) is 59.7 Å². The molecule has 0 bridgehead atoms. The molecule has 2 heterocycles. The van der Waals surface area contributed by atoms with Crippen molar-refractivity contribution in [1.82, 2.24) is 14.8 Å². The average molecular weight is 563 g/mol. The Bertz CT molecular complexity index is 1370. The van der Waals surface area contributed by atoms with Crippen LogP contribution < -0.4 is 4.90 Å². The van der Waals surface area contributed by atoms with Crippen molar-refractivity contribution in [3.05, 3.63) is 63.8 Å². The van der Waals surface area contributed by atoms with E-state index < -0.39 is 0 Å². The lowest BCUT2D eigenvalue weighted by molar-refractivity contribution is -0.123. The van der Waals surface area contributed by atoms with Gasteiger partial charge in [-0.05, 0) is 69.7 Å². The van der Waals surface area contributed by atoms with Gasteiger partial charge in [0.05, 0.1) is 16.2 Å². The summed E-state index contributed by atoms with van der Waals surface area (Å²) in [6.07, 6.45) is 6.32. The third-order valence-electron chi connectivity index (χ3n) is 8.93. The standard InChI is InChI=1S/C33H43ClN4O2/c1-22(2)36-17-10-18-38(32(39)25-12-6-5-7-13-25)31-23(3)11-8-14-26(31)21-37(20-19-36)33(40)29-24(4)27-15-9-16-28(34)30(27)35-29/h8-9,11,14-16,22,25,35H,5-7,10,12-13,17-21H2,1-4H3. The Labute approximate surface area is 243 Å². The van der Waals surface area contributed by atoms with E-state index in [1.54, 1.807) is 0 Å². The number of hydrogen-bond acceptors (Lipinski definition) is 3. The van der Waals surface area contributed by atoms with Crippen LogP contribution in [0.4, 0.5) is 5.69 Å². The van der Waals surface area contributed by atoms with E-state index in [2.05, 4.69) is 47.7 Å². The number of aromatic amines is 1. The minimum Gasteiger partial charge on any atom is -0.349 e. The third kappa shape index (κ3) is 5.80. The van der Waals surface area contributed by atoms with Crippen molar-refractivity contribution >= 4 is 40.0 Å². The van der Waals surface area contributed by atoms with Crippen molar-refractivity contribution < 1.29 is 9.59 Å². The largest absolute Gasteiger partial charge is 0.349 e. The number of H-pyrrole nitrogens is 1. The van der Waals surface area contributed by atoms with Crippen LogP contribution >= 0.6 is 11.6 Å². The number of anilines is 1. The number of para-hydroxylation sites is 2. The summed E-state index contributed by atoms with van der Waals surface area (Å²) in [6, 6.07) is 12.4. The van der Waals surface area contributed by atoms with Crippen molar-refractivity contribution in [3.8, 4) is 0 Å². The molecule has 2 aromatic carbocycles. The second kappa shape index (κ2) is 12.4. The second-order valence-corrected chi connectivity index (χ2v) is 12.3. The zero-order chi connectivity index (χ0) is 28.4.